The molecule has 154 valence electrons. The first-order chi connectivity index (χ1) is 13.0. The van der Waals surface area contributed by atoms with Crippen LogP contribution >= 0.6 is 0 Å². The van der Waals surface area contributed by atoms with Gasteiger partial charge in [-0.05, 0) is 74.8 Å². The molecule has 0 radical (unpaired) electrons. The molecule has 2 N–H and O–H groups in total. The van der Waals surface area contributed by atoms with Gasteiger partial charge in [0.05, 0.1) is 10.5 Å². The van der Waals surface area contributed by atoms with Crippen LogP contribution in [0, 0.1) is 29.6 Å². The van der Waals surface area contributed by atoms with Crippen molar-refractivity contribution >= 4 is 15.7 Å². The number of hydrazone groups is 1. The SMILES string of the molecule is Cc1ccc(S(=O)(=O)N/N=C2\CC[C@]3(O)C[C@]2(C)CC[C@@H]2[C@@H]3CC2(C)C)cc1. The van der Waals surface area contributed by atoms with Crippen LogP contribution in [0.4, 0.5) is 0 Å². The maximum absolute atomic E-state index is 12.6. The topological polar surface area (TPSA) is 78.8 Å². The molecule has 0 spiro atoms. The number of fused-ring (bicyclic) bond motifs is 4. The molecule has 1 aromatic carbocycles. The molecule has 0 unspecified atom stereocenters. The van der Waals surface area contributed by atoms with Crippen molar-refractivity contribution in [1.82, 2.24) is 4.83 Å². The van der Waals surface area contributed by atoms with Crippen molar-refractivity contribution in [2.45, 2.75) is 76.7 Å². The minimum Gasteiger partial charge on any atom is -0.390 e. The monoisotopic (exact) mass is 404 g/mol. The van der Waals surface area contributed by atoms with E-state index in [0.717, 1.165) is 30.5 Å². The van der Waals surface area contributed by atoms with Gasteiger partial charge in [0.1, 0.15) is 0 Å². The largest absolute Gasteiger partial charge is 0.390 e. The van der Waals surface area contributed by atoms with Crippen molar-refractivity contribution in [2.75, 3.05) is 0 Å². The second-order valence-electron chi connectivity index (χ2n) is 10.3. The van der Waals surface area contributed by atoms with Crippen LogP contribution in [-0.2, 0) is 10.0 Å². The second kappa shape index (κ2) is 6.30. The second-order valence-corrected chi connectivity index (χ2v) is 11.9. The molecule has 28 heavy (non-hydrogen) atoms. The third kappa shape index (κ3) is 3.18. The average molecular weight is 405 g/mol. The summed E-state index contributed by atoms with van der Waals surface area (Å²) in [6, 6.07) is 6.77. The Kier molecular flexibility index (Phi) is 4.47. The minimum absolute atomic E-state index is 0.223. The smallest absolute Gasteiger partial charge is 0.276 e. The summed E-state index contributed by atoms with van der Waals surface area (Å²) in [5, 5.41) is 15.8. The first-order valence-corrected chi connectivity index (χ1v) is 11.8. The number of nitrogens with zero attached hydrogens (tertiary/aromatic N) is 1. The van der Waals surface area contributed by atoms with Gasteiger partial charge in [0.15, 0.2) is 0 Å². The Morgan fingerprint density at radius 3 is 2.43 bits per heavy atom. The fraction of sp³-hybridized carbons (Fsp3) is 0.682. The van der Waals surface area contributed by atoms with E-state index in [1.165, 1.54) is 0 Å². The van der Waals surface area contributed by atoms with Crippen molar-refractivity contribution in [3.05, 3.63) is 29.8 Å². The van der Waals surface area contributed by atoms with Gasteiger partial charge in [-0.1, -0.05) is 38.5 Å². The third-order valence-corrected chi connectivity index (χ3v) is 8.98. The van der Waals surface area contributed by atoms with E-state index in [0.29, 0.717) is 36.5 Å². The number of benzene rings is 1. The number of aliphatic hydroxyl groups is 1. The van der Waals surface area contributed by atoms with Crippen molar-refractivity contribution in [3.63, 3.8) is 0 Å². The third-order valence-electron chi connectivity index (χ3n) is 7.75. The highest BCUT2D eigenvalue weighted by Gasteiger charge is 2.61. The lowest BCUT2D eigenvalue weighted by Crippen LogP contribution is -2.57. The standard InChI is InChI=1S/C22H32N2O3S/c1-15-5-7-16(8-6-15)28(26,27)24-23-19-10-12-22(25)14-21(19,4)11-9-17-18(22)13-20(17,2)3/h5-8,17-18,24-25H,9-14H2,1-4H3/b23-19+/t17-,18+,21+,22+/m1/s1. The van der Waals surface area contributed by atoms with E-state index in [-0.39, 0.29) is 10.3 Å². The Morgan fingerprint density at radius 2 is 1.79 bits per heavy atom. The van der Waals surface area contributed by atoms with Crippen LogP contribution < -0.4 is 4.83 Å². The van der Waals surface area contributed by atoms with Crippen molar-refractivity contribution in [1.29, 1.82) is 0 Å². The van der Waals surface area contributed by atoms with E-state index >= 15 is 0 Å². The zero-order chi connectivity index (χ0) is 20.4. The van der Waals surface area contributed by atoms with E-state index in [9.17, 15) is 13.5 Å². The molecule has 0 heterocycles. The van der Waals surface area contributed by atoms with Crippen molar-refractivity contribution in [2.24, 2.45) is 27.8 Å². The number of rotatable bonds is 3. The van der Waals surface area contributed by atoms with E-state index in [1.54, 1.807) is 24.3 Å². The van der Waals surface area contributed by atoms with Gasteiger partial charge in [0, 0.05) is 11.1 Å². The highest BCUT2D eigenvalue weighted by molar-refractivity contribution is 7.89. The summed E-state index contributed by atoms with van der Waals surface area (Å²) in [6.45, 7) is 8.68. The van der Waals surface area contributed by atoms with Gasteiger partial charge in [0.2, 0.25) is 0 Å². The number of nitrogens with one attached hydrogen (secondary N) is 1. The van der Waals surface area contributed by atoms with Crippen molar-refractivity contribution < 1.29 is 13.5 Å². The Hall–Kier alpha value is -1.40. The number of hydrogen-bond donors (Lipinski definition) is 2. The summed E-state index contributed by atoms with van der Waals surface area (Å²) < 4.78 is 25.3. The molecule has 2 bridgehead atoms. The quantitative estimate of drug-likeness (QED) is 0.747. The van der Waals surface area contributed by atoms with Crippen molar-refractivity contribution in [3.8, 4) is 0 Å². The van der Waals surface area contributed by atoms with E-state index in [4.69, 9.17) is 0 Å². The molecule has 0 aromatic heterocycles. The number of hydrogen-bond acceptors (Lipinski definition) is 4. The minimum atomic E-state index is -3.68. The normalized spacial score (nSPS) is 38.2. The number of sulfonamides is 1. The molecule has 4 atom stereocenters. The molecule has 4 rings (SSSR count). The predicted molar refractivity (Wildman–Crippen MR) is 110 cm³/mol. The molecule has 0 aliphatic heterocycles. The lowest BCUT2D eigenvalue weighted by Gasteiger charge is -2.58. The zero-order valence-corrected chi connectivity index (χ0v) is 18.1. The fourth-order valence-electron chi connectivity index (χ4n) is 6.00. The summed E-state index contributed by atoms with van der Waals surface area (Å²) in [7, 11) is -3.68. The molecule has 6 heteroatoms. The fourth-order valence-corrected chi connectivity index (χ4v) is 6.83. The van der Waals surface area contributed by atoms with Gasteiger partial charge >= 0.3 is 0 Å². The van der Waals surface area contributed by atoms with Gasteiger partial charge < -0.3 is 5.11 Å². The Bertz CT molecular complexity index is 906. The van der Waals surface area contributed by atoms with Crippen LogP contribution in [0.15, 0.2) is 34.3 Å². The molecule has 0 saturated heterocycles. The summed E-state index contributed by atoms with van der Waals surface area (Å²) >= 11 is 0. The highest BCUT2D eigenvalue weighted by Crippen LogP contribution is 2.64. The molecule has 3 fully saturated rings. The Balaban J connectivity index is 1.57. The maximum atomic E-state index is 12.6. The summed E-state index contributed by atoms with van der Waals surface area (Å²) in [6.07, 6.45) is 5.10. The lowest BCUT2D eigenvalue weighted by atomic mass is 9.49. The molecule has 3 saturated carbocycles. The van der Waals surface area contributed by atoms with Crippen LogP contribution in [0.25, 0.3) is 0 Å². The molecule has 3 aliphatic rings. The zero-order valence-electron chi connectivity index (χ0n) is 17.3. The Morgan fingerprint density at radius 1 is 1.11 bits per heavy atom. The predicted octanol–water partition coefficient (Wildman–Crippen LogP) is 4.01. The lowest BCUT2D eigenvalue weighted by molar-refractivity contribution is -0.152. The first-order valence-electron chi connectivity index (χ1n) is 10.3. The van der Waals surface area contributed by atoms with Crippen LogP contribution in [0.2, 0.25) is 0 Å². The molecular weight excluding hydrogens is 372 g/mol. The van der Waals surface area contributed by atoms with Gasteiger partial charge in [0.25, 0.3) is 10.0 Å². The van der Waals surface area contributed by atoms with Gasteiger partial charge in [-0.15, -0.1) is 0 Å². The summed E-state index contributed by atoms with van der Waals surface area (Å²) in [5.41, 5.74) is 1.29. The van der Waals surface area contributed by atoms with Crippen LogP contribution in [-0.4, -0.2) is 24.8 Å². The molecule has 3 aliphatic carbocycles. The van der Waals surface area contributed by atoms with E-state index < -0.39 is 15.6 Å². The first kappa shape index (κ1) is 19.9. The molecular formula is C22H32N2O3S. The maximum Gasteiger partial charge on any atom is 0.276 e. The van der Waals surface area contributed by atoms with Gasteiger partial charge in [-0.25, -0.2) is 4.83 Å². The van der Waals surface area contributed by atoms with Crippen LogP contribution in [0.3, 0.4) is 0 Å². The Labute approximate surface area is 168 Å². The van der Waals surface area contributed by atoms with E-state index in [1.807, 2.05) is 6.92 Å². The molecule has 5 nitrogen and oxygen atoms in total. The van der Waals surface area contributed by atoms with Gasteiger partial charge in [-0.2, -0.15) is 13.5 Å². The average Bonchev–Trinajstić information content (AvgIpc) is 2.66. The highest BCUT2D eigenvalue weighted by atomic mass is 32.2. The molecule has 1 aromatic rings. The van der Waals surface area contributed by atoms with E-state index in [2.05, 4.69) is 30.7 Å². The summed E-state index contributed by atoms with van der Waals surface area (Å²) in [5.74, 6) is 0.915. The van der Waals surface area contributed by atoms with Crippen LogP contribution in [0.5, 0.6) is 0 Å². The van der Waals surface area contributed by atoms with Crippen LogP contribution in [0.1, 0.15) is 64.9 Å². The van der Waals surface area contributed by atoms with Gasteiger partial charge in [-0.3, -0.25) is 0 Å². The summed E-state index contributed by atoms with van der Waals surface area (Å²) in [4.78, 5) is 2.68. The molecule has 0 amide bonds. The number of aryl methyl sites for hydroxylation is 1.